The summed E-state index contributed by atoms with van der Waals surface area (Å²) in [5.74, 6) is -1.09. The first-order chi connectivity index (χ1) is 17.4. The molecule has 36 heavy (non-hydrogen) atoms. The topological polar surface area (TPSA) is 130 Å². The molecule has 2 saturated heterocycles. The van der Waals surface area contributed by atoms with Gasteiger partial charge in [0.1, 0.15) is 23.8 Å². The van der Waals surface area contributed by atoms with Crippen molar-refractivity contribution in [3.8, 4) is 0 Å². The zero-order valence-electron chi connectivity index (χ0n) is 19.3. The Labute approximate surface area is 206 Å². The van der Waals surface area contributed by atoms with E-state index in [4.69, 9.17) is 4.74 Å². The lowest BCUT2D eigenvalue weighted by atomic mass is 10.2. The van der Waals surface area contributed by atoms with E-state index in [2.05, 4.69) is 15.6 Å². The van der Waals surface area contributed by atoms with Crippen molar-refractivity contribution in [2.24, 2.45) is 4.99 Å². The Bertz CT molecular complexity index is 1150. The second-order valence-corrected chi connectivity index (χ2v) is 8.66. The van der Waals surface area contributed by atoms with Gasteiger partial charge in [-0.05, 0) is 18.2 Å². The Morgan fingerprint density at radius 1 is 1.25 bits per heavy atom. The molecule has 0 bridgehead atoms. The molecule has 0 aliphatic carbocycles. The first-order valence-electron chi connectivity index (χ1n) is 11.6. The fourth-order valence-corrected chi connectivity index (χ4v) is 4.43. The summed E-state index contributed by atoms with van der Waals surface area (Å²) >= 11 is 0. The van der Waals surface area contributed by atoms with E-state index in [1.165, 1.54) is 11.0 Å². The molecule has 5 rings (SSSR count). The van der Waals surface area contributed by atoms with Crippen molar-refractivity contribution < 1.29 is 28.6 Å². The Balaban J connectivity index is 1.11. The molecule has 190 valence electrons. The lowest BCUT2D eigenvalue weighted by Gasteiger charge is -2.36. The lowest BCUT2D eigenvalue weighted by Crippen LogP contribution is -2.51. The fraction of sp³-hybridized carbons (Fsp3) is 0.391. The number of aliphatic hydroxyl groups is 1. The summed E-state index contributed by atoms with van der Waals surface area (Å²) in [5.41, 5.74) is 1.08. The van der Waals surface area contributed by atoms with E-state index in [9.17, 15) is 23.9 Å². The number of nitrogens with zero attached hydrogens (tertiary/aromatic N) is 5. The van der Waals surface area contributed by atoms with Crippen LogP contribution in [0, 0.1) is 5.82 Å². The molecule has 1 unspecified atom stereocenters. The number of ether oxygens (including phenoxy) is 1. The van der Waals surface area contributed by atoms with Gasteiger partial charge in [0.2, 0.25) is 5.91 Å². The zero-order chi connectivity index (χ0) is 25.2. The normalized spacial score (nSPS) is 22.8. The van der Waals surface area contributed by atoms with E-state index in [1.807, 2.05) is 4.90 Å². The molecule has 0 radical (unpaired) electrons. The van der Waals surface area contributed by atoms with Crippen LogP contribution in [0.15, 0.2) is 47.5 Å². The van der Waals surface area contributed by atoms with Gasteiger partial charge < -0.3 is 35.2 Å². The van der Waals surface area contributed by atoms with Crippen LogP contribution >= 0.6 is 0 Å². The Morgan fingerprint density at radius 2 is 2.06 bits per heavy atom. The van der Waals surface area contributed by atoms with Gasteiger partial charge in [-0.2, -0.15) is 0 Å². The van der Waals surface area contributed by atoms with Gasteiger partial charge >= 0.3 is 6.09 Å². The minimum atomic E-state index is -0.629. The molecule has 3 N–H and O–H groups in total. The summed E-state index contributed by atoms with van der Waals surface area (Å²) < 4.78 is 19.9. The number of carbonyl (C=O) groups is 3. The van der Waals surface area contributed by atoms with Gasteiger partial charge in [0.25, 0.3) is 5.91 Å². The van der Waals surface area contributed by atoms with Crippen LogP contribution in [-0.2, 0) is 14.3 Å². The third kappa shape index (κ3) is 4.69. The highest BCUT2D eigenvalue weighted by Crippen LogP contribution is 2.28. The maximum absolute atomic E-state index is 14.9. The fourth-order valence-electron chi connectivity index (χ4n) is 4.43. The molecule has 0 saturated carbocycles. The van der Waals surface area contributed by atoms with Crippen molar-refractivity contribution in [1.29, 1.82) is 0 Å². The maximum Gasteiger partial charge on any atom is 0.414 e. The van der Waals surface area contributed by atoms with Crippen molar-refractivity contribution >= 4 is 35.5 Å². The molecule has 1 aromatic rings. The average Bonchev–Trinajstić information content (AvgIpc) is 3.50. The number of anilines is 2. The van der Waals surface area contributed by atoms with Gasteiger partial charge in [-0.25, -0.2) is 9.18 Å². The van der Waals surface area contributed by atoms with Crippen LogP contribution in [0.4, 0.5) is 20.6 Å². The molecular formula is C23H26FN7O5. The largest absolute Gasteiger partial charge is 0.441 e. The zero-order valence-corrected chi connectivity index (χ0v) is 19.3. The van der Waals surface area contributed by atoms with Crippen molar-refractivity contribution in [2.45, 2.75) is 12.3 Å². The number of fused-ring (bicyclic) bond motifs is 1. The van der Waals surface area contributed by atoms with Crippen LogP contribution in [0.1, 0.15) is 0 Å². The number of piperazine rings is 1. The number of cyclic esters (lactones) is 1. The molecule has 3 amide bonds. The number of benzene rings is 1. The molecule has 12 nitrogen and oxygen atoms in total. The van der Waals surface area contributed by atoms with Gasteiger partial charge in [-0.1, -0.05) is 0 Å². The number of hydrogen-bond donors (Lipinski definition) is 3. The standard InChI is InChI=1S/C23H26FN7O5/c24-17-9-15(31-12-16(14-32)36-23(31)35)1-2-19(17)28-5-7-29(8-6-28)21(33)11-26-22(34)18-13-30-4-3-25-10-20(30)27-18/h1-4,9-10,13,16,20,27,32H,5-8,11-12,14H2,(H,26,34)/t16-,20?/m1/s1. The summed E-state index contributed by atoms with van der Waals surface area (Å²) in [4.78, 5) is 47.6. The van der Waals surface area contributed by atoms with E-state index in [0.717, 1.165) is 0 Å². The molecule has 4 heterocycles. The summed E-state index contributed by atoms with van der Waals surface area (Å²) in [5, 5.41) is 14.8. The maximum atomic E-state index is 14.9. The molecule has 0 aromatic heterocycles. The van der Waals surface area contributed by atoms with E-state index in [1.54, 1.807) is 46.7 Å². The van der Waals surface area contributed by atoms with E-state index < -0.39 is 18.0 Å². The van der Waals surface area contributed by atoms with Crippen molar-refractivity contribution in [2.75, 3.05) is 55.7 Å². The SMILES string of the molecule is O=C(NCC(=O)N1CCN(c2ccc(N3C[C@H](CO)OC3=O)cc2F)CC1)C1=CN2C=CN=CC2N1. The van der Waals surface area contributed by atoms with Crippen molar-refractivity contribution in [3.63, 3.8) is 0 Å². The van der Waals surface area contributed by atoms with Gasteiger partial charge in [0.15, 0.2) is 0 Å². The highest BCUT2D eigenvalue weighted by Gasteiger charge is 2.33. The molecule has 13 heteroatoms. The first kappa shape index (κ1) is 23.6. The number of rotatable bonds is 6. The van der Waals surface area contributed by atoms with E-state index >= 15 is 0 Å². The molecular weight excluding hydrogens is 473 g/mol. The van der Waals surface area contributed by atoms with Crippen LogP contribution in [0.3, 0.4) is 0 Å². The lowest BCUT2D eigenvalue weighted by molar-refractivity contribution is -0.132. The van der Waals surface area contributed by atoms with E-state index in [0.29, 0.717) is 43.3 Å². The average molecular weight is 500 g/mol. The van der Waals surface area contributed by atoms with Crippen molar-refractivity contribution in [1.82, 2.24) is 20.4 Å². The second-order valence-electron chi connectivity index (χ2n) is 8.66. The smallest absolute Gasteiger partial charge is 0.414 e. The number of carbonyl (C=O) groups excluding carboxylic acids is 3. The van der Waals surface area contributed by atoms with Crippen LogP contribution in [0.25, 0.3) is 0 Å². The number of halogens is 1. The number of aliphatic hydroxyl groups excluding tert-OH is 1. The van der Waals surface area contributed by atoms with Crippen LogP contribution in [-0.4, -0.2) is 97.2 Å². The Hall–Kier alpha value is -4.13. The first-order valence-corrected chi connectivity index (χ1v) is 11.6. The van der Waals surface area contributed by atoms with Gasteiger partial charge in [0, 0.05) is 51.0 Å². The molecule has 1 aromatic carbocycles. The van der Waals surface area contributed by atoms with Crippen LogP contribution in [0.2, 0.25) is 0 Å². The summed E-state index contributed by atoms with van der Waals surface area (Å²) in [7, 11) is 0. The molecule has 4 aliphatic rings. The molecule has 0 spiro atoms. The summed E-state index contributed by atoms with van der Waals surface area (Å²) in [6, 6.07) is 4.49. The quantitative estimate of drug-likeness (QED) is 0.479. The highest BCUT2D eigenvalue weighted by molar-refractivity contribution is 5.96. The summed E-state index contributed by atoms with van der Waals surface area (Å²) in [6.07, 6.45) is 5.22. The predicted octanol–water partition coefficient (Wildman–Crippen LogP) is -0.464. The van der Waals surface area contributed by atoms with E-state index in [-0.39, 0.29) is 37.7 Å². The summed E-state index contributed by atoms with van der Waals surface area (Å²) in [6.45, 7) is 1.32. The number of aliphatic imine (C=N–C) groups is 1. The molecule has 2 fully saturated rings. The Morgan fingerprint density at radius 3 is 2.75 bits per heavy atom. The number of amides is 3. The van der Waals surface area contributed by atoms with Crippen molar-refractivity contribution in [3.05, 3.63) is 48.3 Å². The molecule has 2 atom stereocenters. The van der Waals surface area contributed by atoms with Crippen LogP contribution < -0.4 is 20.4 Å². The number of nitrogens with one attached hydrogen (secondary N) is 2. The number of hydrogen-bond acceptors (Lipinski definition) is 9. The Kier molecular flexibility index (Phi) is 6.46. The minimum absolute atomic E-state index is 0.143. The predicted molar refractivity (Wildman–Crippen MR) is 127 cm³/mol. The van der Waals surface area contributed by atoms with Gasteiger partial charge in [-0.3, -0.25) is 19.5 Å². The molecule has 4 aliphatic heterocycles. The van der Waals surface area contributed by atoms with Gasteiger partial charge in [-0.15, -0.1) is 0 Å². The third-order valence-corrected chi connectivity index (χ3v) is 6.39. The monoisotopic (exact) mass is 499 g/mol. The highest BCUT2D eigenvalue weighted by atomic mass is 19.1. The second kappa shape index (κ2) is 9.85. The minimum Gasteiger partial charge on any atom is -0.441 e. The van der Waals surface area contributed by atoms with Crippen LogP contribution in [0.5, 0.6) is 0 Å². The van der Waals surface area contributed by atoms with Gasteiger partial charge in [0.05, 0.1) is 31.1 Å². The third-order valence-electron chi connectivity index (χ3n) is 6.39.